The van der Waals surface area contributed by atoms with E-state index in [1.54, 1.807) is 19.3 Å². The molecule has 2 heterocycles. The Morgan fingerprint density at radius 3 is 2.11 bits per heavy atom. The molecule has 2 rings (SSSR count). The third kappa shape index (κ3) is 4.70. The number of rotatable bonds is 0. The topological polar surface area (TPSA) is 104 Å². The number of fused-ring (bicyclic) bond motifs is 1. The predicted molar refractivity (Wildman–Crippen MR) is 81.7 cm³/mol. The van der Waals surface area contributed by atoms with Gasteiger partial charge in [-0.15, -0.1) is 0 Å². The summed E-state index contributed by atoms with van der Waals surface area (Å²) in [5.74, 6) is 1.20. The molecule has 0 spiro atoms. The van der Waals surface area contributed by atoms with Gasteiger partial charge in [-0.05, 0) is 0 Å². The van der Waals surface area contributed by atoms with Crippen LogP contribution in [0.5, 0.6) is 0 Å². The van der Waals surface area contributed by atoms with E-state index >= 15 is 0 Å². The molecule has 0 atom stereocenters. The van der Waals surface area contributed by atoms with E-state index < -0.39 is 10.7 Å². The van der Waals surface area contributed by atoms with Crippen molar-refractivity contribution in [3.8, 4) is 0 Å². The SMILES string of the molecule is CC1=Nc2c(c(=O)n(C)c(=O)n2C)[NH2+]1.O.[Br][Pd-]([Br])[Br]. The summed E-state index contributed by atoms with van der Waals surface area (Å²) in [5.41, 5.74) is -0.142. The zero-order valence-corrected chi connectivity index (χ0v) is 16.5. The summed E-state index contributed by atoms with van der Waals surface area (Å²) in [5, 5.41) is 1.69. The van der Waals surface area contributed by atoms with Crippen LogP contribution in [0.15, 0.2) is 14.6 Å². The average molecular weight is 559 g/mol. The Bertz CT molecular complexity index is 608. The summed E-state index contributed by atoms with van der Waals surface area (Å²) in [6.45, 7) is 1.80. The molecule has 114 valence electrons. The van der Waals surface area contributed by atoms with Crippen LogP contribution in [0.1, 0.15) is 6.92 Å². The number of hydrogen-bond donors (Lipinski definition) is 1. The first-order chi connectivity index (χ1) is 8.25. The second kappa shape index (κ2) is 7.97. The van der Waals surface area contributed by atoms with Gasteiger partial charge in [0.05, 0.1) is 0 Å². The van der Waals surface area contributed by atoms with Gasteiger partial charge in [-0.2, -0.15) is 4.99 Å². The van der Waals surface area contributed by atoms with Crippen LogP contribution in [0.2, 0.25) is 0 Å². The zero-order chi connectivity index (χ0) is 14.0. The van der Waals surface area contributed by atoms with Gasteiger partial charge < -0.3 is 5.48 Å². The van der Waals surface area contributed by atoms with Crippen molar-refractivity contribution >= 4 is 57.6 Å². The van der Waals surface area contributed by atoms with Gasteiger partial charge in [-0.25, -0.2) is 4.79 Å². The van der Waals surface area contributed by atoms with Crippen LogP contribution in [0.3, 0.4) is 0 Å². The fourth-order valence-electron chi connectivity index (χ4n) is 1.53. The second-order valence-corrected chi connectivity index (χ2v) is 25.0. The van der Waals surface area contributed by atoms with Crippen molar-refractivity contribution in [1.29, 1.82) is 0 Å². The van der Waals surface area contributed by atoms with Crippen molar-refractivity contribution in [1.82, 2.24) is 9.13 Å². The maximum atomic E-state index is 11.6. The van der Waals surface area contributed by atoms with Crippen LogP contribution in [0.25, 0.3) is 0 Å². The molecular weight excluding hydrogens is 546 g/mol. The predicted octanol–water partition coefficient (Wildman–Crippen LogP) is 0.0520. The minimum atomic E-state index is -0.546. The van der Waals surface area contributed by atoms with Gasteiger partial charge in [0.15, 0.2) is 0 Å². The van der Waals surface area contributed by atoms with Crippen molar-refractivity contribution < 1.29 is 21.5 Å². The molecule has 0 saturated heterocycles. The number of aliphatic imine (C=N–C) groups is 1. The van der Waals surface area contributed by atoms with Crippen LogP contribution in [-0.4, -0.2) is 20.4 Å². The van der Waals surface area contributed by atoms with Crippen molar-refractivity contribution in [3.05, 3.63) is 20.8 Å². The molecule has 0 amide bonds. The average Bonchev–Trinajstić information content (AvgIpc) is 2.65. The Labute approximate surface area is 134 Å². The molecule has 1 aromatic heterocycles. The third-order valence-corrected chi connectivity index (χ3v) is 2.30. The summed E-state index contributed by atoms with van der Waals surface area (Å²) in [4.78, 5) is 27.2. The number of aromatic nitrogens is 2. The Balaban J connectivity index is 0.000000576. The van der Waals surface area contributed by atoms with Gasteiger partial charge in [0, 0.05) is 21.0 Å². The zero-order valence-electron chi connectivity index (χ0n) is 10.2. The number of hydrogen-bond acceptors (Lipinski definition) is 3. The summed E-state index contributed by atoms with van der Waals surface area (Å²) in [6.07, 6.45) is 0. The summed E-state index contributed by atoms with van der Waals surface area (Å²) in [6, 6.07) is 0. The van der Waals surface area contributed by atoms with E-state index in [1.807, 2.05) is 0 Å². The van der Waals surface area contributed by atoms with Gasteiger partial charge in [0.1, 0.15) is 0 Å². The Hall–Kier alpha value is 0.372. The number of amidine groups is 1. The van der Waals surface area contributed by atoms with Crippen LogP contribution in [0.4, 0.5) is 11.5 Å². The Morgan fingerprint density at radius 1 is 1.16 bits per heavy atom. The third-order valence-electron chi connectivity index (χ3n) is 2.30. The van der Waals surface area contributed by atoms with E-state index in [9.17, 15) is 9.59 Å². The molecular formula is C8H13Br3N4O3Pd. The normalized spacial score (nSPS) is 12.7. The number of halogens is 3. The number of nitrogens with two attached hydrogens (primary N) is 1. The molecule has 1 aromatic rings. The van der Waals surface area contributed by atoms with Gasteiger partial charge in [0.2, 0.25) is 17.3 Å². The molecule has 1 aliphatic heterocycles. The first kappa shape index (κ1) is 19.4. The van der Waals surface area contributed by atoms with E-state index in [1.165, 1.54) is 11.6 Å². The first-order valence-corrected chi connectivity index (χ1v) is 15.2. The van der Waals surface area contributed by atoms with E-state index in [-0.39, 0.29) is 16.7 Å². The molecule has 19 heavy (non-hydrogen) atoms. The van der Waals surface area contributed by atoms with Crippen LogP contribution < -0.4 is 16.6 Å². The molecule has 0 saturated carbocycles. The second-order valence-electron chi connectivity index (χ2n) is 3.48. The number of nitrogens with zero attached hydrogens (tertiary/aromatic N) is 3. The molecule has 0 aromatic carbocycles. The summed E-state index contributed by atoms with van der Waals surface area (Å²) < 4.78 is 2.47. The molecule has 0 radical (unpaired) electrons. The van der Waals surface area contributed by atoms with E-state index in [0.29, 0.717) is 11.5 Å². The van der Waals surface area contributed by atoms with Gasteiger partial charge in [-0.3, -0.25) is 19.2 Å². The molecule has 0 fully saturated rings. The number of quaternary nitrogens is 1. The fourth-order valence-corrected chi connectivity index (χ4v) is 1.53. The van der Waals surface area contributed by atoms with Gasteiger partial charge in [-0.1, -0.05) is 0 Å². The summed E-state index contributed by atoms with van der Waals surface area (Å²) in [7, 11) is 2.53. The fraction of sp³-hybridized carbons (Fsp3) is 0.375. The maximum absolute atomic E-state index is 11.6. The van der Waals surface area contributed by atoms with Crippen molar-refractivity contribution in [2.24, 2.45) is 19.1 Å². The van der Waals surface area contributed by atoms with Crippen molar-refractivity contribution in [2.45, 2.75) is 6.92 Å². The van der Waals surface area contributed by atoms with Gasteiger partial charge in [0.25, 0.3) is 0 Å². The molecule has 1 aliphatic rings. The molecule has 11 heteroatoms. The van der Waals surface area contributed by atoms with Crippen molar-refractivity contribution in [3.63, 3.8) is 0 Å². The summed E-state index contributed by atoms with van der Waals surface area (Å²) >= 11 is 9.66. The van der Waals surface area contributed by atoms with E-state index in [2.05, 4.69) is 45.3 Å². The van der Waals surface area contributed by atoms with Gasteiger partial charge >= 0.3 is 62.2 Å². The van der Waals surface area contributed by atoms with Crippen LogP contribution in [-0.2, 0) is 24.8 Å². The van der Waals surface area contributed by atoms with Crippen LogP contribution in [0, 0.1) is 0 Å². The van der Waals surface area contributed by atoms with E-state index in [4.69, 9.17) is 0 Å². The Morgan fingerprint density at radius 2 is 1.63 bits per heavy atom. The molecule has 0 aliphatic carbocycles. The van der Waals surface area contributed by atoms with E-state index in [0.717, 1.165) is 10.4 Å². The molecule has 0 bridgehead atoms. The quantitative estimate of drug-likeness (QED) is 0.455. The van der Waals surface area contributed by atoms with Crippen molar-refractivity contribution in [2.75, 3.05) is 0 Å². The minimum absolute atomic E-state index is 0. The molecule has 0 unspecified atom stereocenters. The molecule has 7 nitrogen and oxygen atoms in total. The standard InChI is InChI=1S/C8H10N4O2.3BrH.H2O.Pd/c1-4-9-5-6(10-4)11(2)8(14)12(3)7(5)13;;;;;/h1-3H3,(H,9,10);3*1H;1H2;/q;;;;;+2/p-2. The van der Waals surface area contributed by atoms with Crippen LogP contribution >= 0.6 is 40.3 Å². The first-order valence-electron chi connectivity index (χ1n) is 4.58. The molecule has 4 N–H and O–H groups in total. The Kier molecular flexibility index (Phi) is 8.13. The monoisotopic (exact) mass is 556 g/mol.